The number of piperidine rings is 2. The van der Waals surface area contributed by atoms with E-state index in [9.17, 15) is 0 Å². The second-order valence-electron chi connectivity index (χ2n) is 12.7. The van der Waals surface area contributed by atoms with Crippen LogP contribution in [0.5, 0.6) is 23.0 Å². The van der Waals surface area contributed by atoms with Crippen molar-refractivity contribution < 1.29 is 18.9 Å². The van der Waals surface area contributed by atoms with Gasteiger partial charge in [0.1, 0.15) is 0 Å². The number of aromatic nitrogens is 4. The molecular weight excluding hydrogens is 628 g/mol. The Labute approximate surface area is 294 Å². The summed E-state index contributed by atoms with van der Waals surface area (Å²) in [6.07, 6.45) is 6.97. The molecule has 10 nitrogen and oxygen atoms in total. The molecule has 0 bridgehead atoms. The Kier molecular flexibility index (Phi) is 9.96. The average molecular weight is 673 g/mol. The maximum absolute atomic E-state index is 5.64. The van der Waals surface area contributed by atoms with Gasteiger partial charge in [0.2, 0.25) is 11.9 Å². The number of hydrogen-bond acceptors (Lipinski definition) is 10. The third kappa shape index (κ3) is 7.01. The van der Waals surface area contributed by atoms with Crippen molar-refractivity contribution in [3.05, 3.63) is 72.8 Å². The number of anilines is 2. The van der Waals surface area contributed by atoms with E-state index in [-0.39, 0.29) is 0 Å². The molecule has 0 aliphatic carbocycles. The zero-order valence-corrected chi connectivity index (χ0v) is 29.3. The van der Waals surface area contributed by atoms with Gasteiger partial charge >= 0.3 is 0 Å². The van der Waals surface area contributed by atoms with Gasteiger partial charge in [-0.25, -0.2) is 19.9 Å². The molecule has 2 aromatic heterocycles. The van der Waals surface area contributed by atoms with Crippen molar-refractivity contribution in [1.82, 2.24) is 19.9 Å². The van der Waals surface area contributed by atoms with Crippen LogP contribution in [0.1, 0.15) is 38.5 Å². The second-order valence-corrected chi connectivity index (χ2v) is 12.7. The first-order chi connectivity index (χ1) is 24.6. The van der Waals surface area contributed by atoms with Crippen LogP contribution in [0.4, 0.5) is 11.9 Å². The summed E-state index contributed by atoms with van der Waals surface area (Å²) in [7, 11) is 6.59. The van der Waals surface area contributed by atoms with Gasteiger partial charge in [0.15, 0.2) is 23.0 Å². The molecule has 0 atom stereocenters. The fourth-order valence-electron chi connectivity index (χ4n) is 6.76. The molecule has 7 rings (SSSR count). The number of ether oxygens (including phenoxy) is 4. The molecule has 0 unspecified atom stereocenters. The third-order valence-electron chi connectivity index (χ3n) is 9.52. The van der Waals surface area contributed by atoms with Gasteiger partial charge in [-0.3, -0.25) is 0 Å². The van der Waals surface area contributed by atoms with Crippen LogP contribution in [0, 0.1) is 0 Å². The van der Waals surface area contributed by atoms with E-state index in [1.165, 1.54) is 12.8 Å². The number of hydrogen-bond donors (Lipinski definition) is 0. The summed E-state index contributed by atoms with van der Waals surface area (Å²) < 4.78 is 22.3. The fraction of sp³-hybridized carbons (Fsp3) is 0.350. The lowest BCUT2D eigenvalue weighted by Gasteiger charge is -2.27. The maximum Gasteiger partial charge on any atom is 0.226 e. The molecule has 258 valence electrons. The standard InChI is InChI=1S/C40H44N6O4/c1-47-35-16-14-29(23-37(35)49-3)33-25-31(41-39(43-33)45-18-7-5-8-19-45)27-12-11-13-28(22-27)32-26-34(30-15-17-36(48-2)38(24-30)50-4)44-40(42-32)46-20-9-6-10-21-46/h11-17,22-26H,5-10,18-21H2,1-4H3. The first-order valence-electron chi connectivity index (χ1n) is 17.4. The average Bonchev–Trinajstić information content (AvgIpc) is 3.20. The molecule has 10 heteroatoms. The second kappa shape index (κ2) is 15.0. The first kappa shape index (κ1) is 33.1. The summed E-state index contributed by atoms with van der Waals surface area (Å²) in [5, 5.41) is 0. The van der Waals surface area contributed by atoms with E-state index in [1.807, 2.05) is 36.4 Å². The van der Waals surface area contributed by atoms with Crippen molar-refractivity contribution in [2.24, 2.45) is 0 Å². The highest BCUT2D eigenvalue weighted by Crippen LogP contribution is 2.37. The normalized spacial score (nSPS) is 14.7. The van der Waals surface area contributed by atoms with Gasteiger partial charge in [0, 0.05) is 48.4 Å². The lowest BCUT2D eigenvalue weighted by molar-refractivity contribution is 0.355. The lowest BCUT2D eigenvalue weighted by Crippen LogP contribution is -2.31. The molecule has 2 fully saturated rings. The van der Waals surface area contributed by atoms with Gasteiger partial charge in [-0.2, -0.15) is 0 Å². The SMILES string of the molecule is COc1ccc(-c2cc(-c3cccc(-c4cc(-c5ccc(OC)c(OC)c5)nc(N5CCCCC5)n4)c3)nc(N3CCCCC3)n2)cc1OC. The van der Waals surface area contributed by atoms with Gasteiger partial charge in [-0.15, -0.1) is 0 Å². The van der Waals surface area contributed by atoms with E-state index in [2.05, 4.69) is 46.2 Å². The van der Waals surface area contributed by atoms with Crippen LogP contribution < -0.4 is 28.7 Å². The number of benzene rings is 3. The minimum atomic E-state index is 0.658. The van der Waals surface area contributed by atoms with Crippen molar-refractivity contribution >= 4 is 11.9 Å². The molecule has 50 heavy (non-hydrogen) atoms. The number of rotatable bonds is 10. The van der Waals surface area contributed by atoms with Gasteiger partial charge in [0.25, 0.3) is 0 Å². The number of methoxy groups -OCH3 is 4. The first-order valence-corrected chi connectivity index (χ1v) is 17.4. The molecule has 2 aliphatic rings. The molecule has 2 aliphatic heterocycles. The largest absolute Gasteiger partial charge is 0.493 e. The fourth-order valence-corrected chi connectivity index (χ4v) is 6.76. The van der Waals surface area contributed by atoms with Crippen molar-refractivity contribution in [1.29, 1.82) is 0 Å². The molecule has 0 amide bonds. The highest BCUT2D eigenvalue weighted by molar-refractivity contribution is 5.77. The highest BCUT2D eigenvalue weighted by Gasteiger charge is 2.20. The Morgan fingerprint density at radius 1 is 0.400 bits per heavy atom. The third-order valence-corrected chi connectivity index (χ3v) is 9.52. The van der Waals surface area contributed by atoms with Crippen LogP contribution in [0.25, 0.3) is 45.0 Å². The summed E-state index contributed by atoms with van der Waals surface area (Å²) in [6.45, 7) is 3.75. The van der Waals surface area contributed by atoms with Crippen LogP contribution in [0.2, 0.25) is 0 Å². The zero-order valence-electron chi connectivity index (χ0n) is 29.3. The summed E-state index contributed by atoms with van der Waals surface area (Å²) in [4.78, 5) is 25.0. The summed E-state index contributed by atoms with van der Waals surface area (Å²) in [5.74, 6) is 4.15. The van der Waals surface area contributed by atoms with E-state index in [4.69, 9.17) is 38.9 Å². The summed E-state index contributed by atoms with van der Waals surface area (Å²) >= 11 is 0. The molecule has 0 spiro atoms. The van der Waals surface area contributed by atoms with Crippen LogP contribution in [0.15, 0.2) is 72.8 Å². The highest BCUT2D eigenvalue weighted by atomic mass is 16.5. The Morgan fingerprint density at radius 3 is 1.12 bits per heavy atom. The van der Waals surface area contributed by atoms with Gasteiger partial charge in [0.05, 0.1) is 51.2 Å². The Hall–Kier alpha value is -5.38. The molecule has 0 saturated carbocycles. The van der Waals surface area contributed by atoms with E-state index in [0.717, 1.165) is 109 Å². The van der Waals surface area contributed by atoms with E-state index in [0.29, 0.717) is 23.0 Å². The van der Waals surface area contributed by atoms with E-state index in [1.54, 1.807) is 28.4 Å². The predicted molar refractivity (Wildman–Crippen MR) is 198 cm³/mol. The van der Waals surface area contributed by atoms with Crippen molar-refractivity contribution in [2.45, 2.75) is 38.5 Å². The Morgan fingerprint density at radius 2 is 0.760 bits per heavy atom. The maximum atomic E-state index is 5.64. The van der Waals surface area contributed by atoms with E-state index < -0.39 is 0 Å². The molecule has 4 heterocycles. The number of nitrogens with zero attached hydrogens (tertiary/aromatic N) is 6. The molecular formula is C40H44N6O4. The van der Waals surface area contributed by atoms with Crippen molar-refractivity contribution in [3.63, 3.8) is 0 Å². The smallest absolute Gasteiger partial charge is 0.226 e. The van der Waals surface area contributed by atoms with Gasteiger partial charge in [-0.05, 0) is 93.1 Å². The minimum absolute atomic E-state index is 0.658. The molecule has 0 N–H and O–H groups in total. The van der Waals surface area contributed by atoms with Crippen LogP contribution in [-0.2, 0) is 0 Å². The topological polar surface area (TPSA) is 95.0 Å². The minimum Gasteiger partial charge on any atom is -0.493 e. The Bertz CT molecular complexity index is 1820. The Balaban J connectivity index is 1.33. The summed E-state index contributed by atoms with van der Waals surface area (Å²) in [5.41, 5.74) is 7.17. The van der Waals surface area contributed by atoms with Crippen LogP contribution in [0.3, 0.4) is 0 Å². The molecule has 3 aromatic carbocycles. The summed E-state index contributed by atoms with van der Waals surface area (Å²) in [6, 6.07) is 24.4. The molecule has 5 aromatic rings. The molecule has 2 saturated heterocycles. The lowest BCUT2D eigenvalue weighted by atomic mass is 10.0. The van der Waals surface area contributed by atoms with Crippen LogP contribution >= 0.6 is 0 Å². The van der Waals surface area contributed by atoms with Gasteiger partial charge < -0.3 is 28.7 Å². The van der Waals surface area contributed by atoms with Crippen molar-refractivity contribution in [3.8, 4) is 68.0 Å². The van der Waals surface area contributed by atoms with E-state index >= 15 is 0 Å². The van der Waals surface area contributed by atoms with Crippen LogP contribution in [-0.4, -0.2) is 74.6 Å². The predicted octanol–water partition coefficient (Wildman–Crippen LogP) is 7.95. The zero-order chi connectivity index (χ0) is 34.5. The molecule has 0 radical (unpaired) electrons. The quantitative estimate of drug-likeness (QED) is 0.145. The van der Waals surface area contributed by atoms with Crippen molar-refractivity contribution in [2.75, 3.05) is 64.4 Å². The van der Waals surface area contributed by atoms with Gasteiger partial charge in [-0.1, -0.05) is 18.2 Å². The monoisotopic (exact) mass is 672 g/mol.